The molecule has 2 unspecified atom stereocenters. The molecule has 0 saturated heterocycles. The van der Waals surface area contributed by atoms with Crippen LogP contribution in [0.3, 0.4) is 0 Å². The smallest absolute Gasteiger partial charge is 0.165 e. The van der Waals surface area contributed by atoms with Crippen LogP contribution in [-0.2, 0) is 4.79 Å². The molecule has 0 aromatic carbocycles. The Hall–Kier alpha value is -0.890. The Kier molecular flexibility index (Phi) is 6.21. The van der Waals surface area contributed by atoms with Gasteiger partial charge in [0.05, 0.1) is 12.0 Å². The minimum absolute atomic E-state index is 0.0236. The lowest BCUT2D eigenvalue weighted by atomic mass is 9.68. The first kappa shape index (κ1) is 18.1. The van der Waals surface area contributed by atoms with Gasteiger partial charge in [-0.25, -0.2) is 0 Å². The van der Waals surface area contributed by atoms with Gasteiger partial charge in [-0.2, -0.15) is 0 Å². The summed E-state index contributed by atoms with van der Waals surface area (Å²) in [6.07, 6.45) is 3.27. The largest absolute Gasteiger partial charge is 0.388 e. The predicted molar refractivity (Wildman–Crippen MR) is 82.0 cm³/mol. The van der Waals surface area contributed by atoms with E-state index in [1.54, 1.807) is 6.08 Å². The van der Waals surface area contributed by atoms with Crippen LogP contribution < -0.4 is 0 Å². The summed E-state index contributed by atoms with van der Waals surface area (Å²) in [5.74, 6) is -0.475. The lowest BCUT2D eigenvalue weighted by Crippen LogP contribution is -2.32. The average Bonchev–Trinajstić information content (AvgIpc) is 2.57. The molecule has 0 bridgehead atoms. The number of aliphatic hydroxyl groups is 1. The molecule has 1 aliphatic carbocycles. The van der Waals surface area contributed by atoms with Gasteiger partial charge in [0.25, 0.3) is 0 Å². The van der Waals surface area contributed by atoms with E-state index in [9.17, 15) is 9.90 Å². The summed E-state index contributed by atoms with van der Waals surface area (Å²) in [5, 5.41) is 9.82. The predicted octanol–water partition coefficient (Wildman–Crippen LogP) is 4.15. The Labute approximate surface area is 118 Å². The number of carbonyl (C=O) groups excluding carboxylic acids is 1. The van der Waals surface area contributed by atoms with Gasteiger partial charge in [0.1, 0.15) is 0 Å². The Morgan fingerprint density at radius 3 is 2.05 bits per heavy atom. The van der Waals surface area contributed by atoms with Gasteiger partial charge < -0.3 is 5.11 Å². The zero-order valence-corrected chi connectivity index (χ0v) is 13.6. The molecule has 0 fully saturated rings. The van der Waals surface area contributed by atoms with Crippen molar-refractivity contribution in [3.63, 3.8) is 0 Å². The highest BCUT2D eigenvalue weighted by Crippen LogP contribution is 2.43. The molecule has 0 amide bonds. The van der Waals surface area contributed by atoms with Crippen LogP contribution in [0.25, 0.3) is 0 Å². The van der Waals surface area contributed by atoms with Gasteiger partial charge in [-0.1, -0.05) is 66.7 Å². The van der Waals surface area contributed by atoms with E-state index in [-0.39, 0.29) is 16.6 Å². The van der Waals surface area contributed by atoms with Crippen LogP contribution in [-0.4, -0.2) is 17.0 Å². The molecular formula is C17H30O2. The van der Waals surface area contributed by atoms with E-state index >= 15 is 0 Å². The van der Waals surface area contributed by atoms with Gasteiger partial charge in [-0.3, -0.25) is 4.79 Å². The zero-order valence-electron chi connectivity index (χ0n) is 13.6. The molecule has 2 nitrogen and oxygen atoms in total. The maximum Gasteiger partial charge on any atom is 0.165 e. The fourth-order valence-corrected chi connectivity index (χ4v) is 2.81. The Bertz CT molecular complexity index is 356. The number of hydrogen-bond acceptors (Lipinski definition) is 2. The molecule has 19 heavy (non-hydrogen) atoms. The quantitative estimate of drug-likeness (QED) is 0.779. The normalized spacial score (nSPS) is 23.1. The van der Waals surface area contributed by atoms with E-state index in [4.69, 9.17) is 0 Å². The Morgan fingerprint density at radius 2 is 1.74 bits per heavy atom. The number of aliphatic hydroxyl groups excluding tert-OH is 1. The van der Waals surface area contributed by atoms with E-state index < -0.39 is 12.0 Å². The monoisotopic (exact) mass is 266 g/mol. The van der Waals surface area contributed by atoms with Crippen LogP contribution in [0.1, 0.15) is 54.9 Å². The van der Waals surface area contributed by atoms with E-state index in [1.807, 2.05) is 13.8 Å². The van der Waals surface area contributed by atoms with Crippen molar-refractivity contribution in [1.29, 1.82) is 0 Å². The topological polar surface area (TPSA) is 37.3 Å². The van der Waals surface area contributed by atoms with Crippen molar-refractivity contribution in [3.05, 3.63) is 24.3 Å². The molecule has 0 spiro atoms. The number of hydrogen-bond donors (Lipinski definition) is 1. The van der Waals surface area contributed by atoms with Gasteiger partial charge in [0.2, 0.25) is 0 Å². The minimum atomic E-state index is -0.700. The third kappa shape index (κ3) is 4.94. The first-order valence-electron chi connectivity index (χ1n) is 7.14. The summed E-state index contributed by atoms with van der Waals surface area (Å²) >= 11 is 0. The maximum atomic E-state index is 11.7. The second-order valence-electron chi connectivity index (χ2n) is 6.88. The highest BCUT2D eigenvalue weighted by molar-refractivity contribution is 5.97. The van der Waals surface area contributed by atoms with Crippen LogP contribution in [0.2, 0.25) is 0 Å². The van der Waals surface area contributed by atoms with Crippen molar-refractivity contribution in [2.24, 2.45) is 16.7 Å². The maximum absolute atomic E-state index is 11.7. The molecule has 0 saturated carbocycles. The first-order chi connectivity index (χ1) is 8.54. The molecule has 0 aromatic heterocycles. The number of allylic oxidation sites excluding steroid dienone is 1. The van der Waals surface area contributed by atoms with Gasteiger partial charge in [-0.15, -0.1) is 0 Å². The Balaban J connectivity index is 0.00000154. The van der Waals surface area contributed by atoms with Gasteiger partial charge in [0.15, 0.2) is 5.78 Å². The molecule has 2 heteroatoms. The molecule has 0 radical (unpaired) electrons. The van der Waals surface area contributed by atoms with E-state index in [0.29, 0.717) is 0 Å². The molecule has 1 N–H and O–H groups in total. The van der Waals surface area contributed by atoms with Crippen LogP contribution in [0, 0.1) is 16.7 Å². The highest BCUT2D eigenvalue weighted by Gasteiger charge is 2.39. The minimum Gasteiger partial charge on any atom is -0.388 e. The molecule has 1 rings (SSSR count). The van der Waals surface area contributed by atoms with E-state index in [1.165, 1.54) is 6.08 Å². The van der Waals surface area contributed by atoms with Gasteiger partial charge >= 0.3 is 0 Å². The summed E-state index contributed by atoms with van der Waals surface area (Å²) in [5.41, 5.74) is 0.868. The molecular weight excluding hydrogens is 236 g/mol. The standard InChI is InChI=1S/C15H24O2.C2H6/c1-10(13-11(16)7-8-12(13)17)15(5,6)9-14(2,3)4;1-2/h7-8,11,13,16H,1,9H2,2-6H3;1-2H3. The van der Waals surface area contributed by atoms with Crippen molar-refractivity contribution in [3.8, 4) is 0 Å². The third-order valence-corrected chi connectivity index (χ3v) is 3.32. The molecule has 0 aromatic rings. The van der Waals surface area contributed by atoms with Crippen LogP contribution in [0.5, 0.6) is 0 Å². The lowest BCUT2D eigenvalue weighted by molar-refractivity contribution is -0.118. The SMILES string of the molecule is C=C(C1C(=O)C=CC1O)C(C)(C)CC(C)(C)C.CC. The van der Waals surface area contributed by atoms with Crippen molar-refractivity contribution >= 4 is 5.78 Å². The van der Waals surface area contributed by atoms with Crippen molar-refractivity contribution in [1.82, 2.24) is 0 Å². The summed E-state index contributed by atoms with van der Waals surface area (Å²) in [7, 11) is 0. The highest BCUT2D eigenvalue weighted by atomic mass is 16.3. The second kappa shape index (κ2) is 6.51. The van der Waals surface area contributed by atoms with Crippen molar-refractivity contribution in [2.45, 2.75) is 61.0 Å². The summed E-state index contributed by atoms with van der Waals surface area (Å²) < 4.78 is 0. The zero-order chi connectivity index (χ0) is 15.4. The summed E-state index contributed by atoms with van der Waals surface area (Å²) in [6, 6.07) is 0. The molecule has 2 atom stereocenters. The number of ketones is 1. The summed E-state index contributed by atoms with van der Waals surface area (Å²) in [6.45, 7) is 18.8. The van der Waals surface area contributed by atoms with Gasteiger partial charge in [-0.05, 0) is 23.3 Å². The van der Waals surface area contributed by atoms with Crippen LogP contribution in [0.4, 0.5) is 0 Å². The molecule has 0 aliphatic heterocycles. The molecule has 1 aliphatic rings. The fourth-order valence-electron chi connectivity index (χ4n) is 2.81. The lowest BCUT2D eigenvalue weighted by Gasteiger charge is -2.37. The Morgan fingerprint density at radius 1 is 1.26 bits per heavy atom. The van der Waals surface area contributed by atoms with Crippen molar-refractivity contribution in [2.75, 3.05) is 0 Å². The van der Waals surface area contributed by atoms with Gasteiger partial charge in [0, 0.05) is 0 Å². The van der Waals surface area contributed by atoms with E-state index in [0.717, 1.165) is 12.0 Å². The summed E-state index contributed by atoms with van der Waals surface area (Å²) in [4.78, 5) is 11.7. The number of carbonyl (C=O) groups is 1. The number of rotatable bonds is 3. The van der Waals surface area contributed by atoms with Crippen LogP contribution in [0.15, 0.2) is 24.3 Å². The van der Waals surface area contributed by atoms with E-state index in [2.05, 4.69) is 41.2 Å². The molecule has 110 valence electrons. The first-order valence-corrected chi connectivity index (χ1v) is 7.14. The van der Waals surface area contributed by atoms with Crippen LogP contribution >= 0.6 is 0 Å². The third-order valence-electron chi connectivity index (χ3n) is 3.32. The molecule has 0 heterocycles. The fraction of sp³-hybridized carbons (Fsp3) is 0.706. The van der Waals surface area contributed by atoms with Crippen molar-refractivity contribution < 1.29 is 9.90 Å². The average molecular weight is 266 g/mol. The second-order valence-corrected chi connectivity index (χ2v) is 6.88.